The van der Waals surface area contributed by atoms with Gasteiger partial charge in [0.05, 0.1) is 24.6 Å². The molecule has 0 spiro atoms. The smallest absolute Gasteiger partial charge is 0.155 e. The van der Waals surface area contributed by atoms with Gasteiger partial charge in [-0.25, -0.2) is 0 Å². The lowest BCUT2D eigenvalue weighted by Gasteiger charge is -2.30. The third-order valence-electron chi connectivity index (χ3n) is 2.64. The number of nitrogens with one attached hydrogen (secondary N) is 1. The first kappa shape index (κ1) is 11.3. The summed E-state index contributed by atoms with van der Waals surface area (Å²) in [5, 5.41) is 18.0. The standard InChI is InChI=1S/C12H12N4O/c13-8-10(9-14)12(11-2-1-3-15-11)16-4-6-17-7-5-16/h1-3,15H,4-7H2. The molecule has 1 aliphatic rings. The van der Waals surface area contributed by atoms with E-state index in [0.29, 0.717) is 32.0 Å². The van der Waals surface area contributed by atoms with Crippen LogP contribution in [0.25, 0.3) is 5.70 Å². The number of rotatable bonds is 2. The van der Waals surface area contributed by atoms with E-state index in [1.165, 1.54) is 0 Å². The zero-order chi connectivity index (χ0) is 12.1. The maximum absolute atomic E-state index is 9.02. The van der Waals surface area contributed by atoms with Gasteiger partial charge in [-0.15, -0.1) is 0 Å². The monoisotopic (exact) mass is 228 g/mol. The molecule has 0 aliphatic carbocycles. The summed E-state index contributed by atoms with van der Waals surface area (Å²) in [5.41, 5.74) is 1.60. The van der Waals surface area contributed by atoms with Gasteiger partial charge in [0, 0.05) is 19.3 Å². The van der Waals surface area contributed by atoms with Gasteiger partial charge in [0.15, 0.2) is 5.57 Å². The molecule has 1 fully saturated rings. The van der Waals surface area contributed by atoms with E-state index in [4.69, 9.17) is 15.3 Å². The number of morpholine rings is 1. The van der Waals surface area contributed by atoms with Crippen LogP contribution in [0.5, 0.6) is 0 Å². The average Bonchev–Trinajstić information content (AvgIpc) is 2.90. The zero-order valence-electron chi connectivity index (χ0n) is 9.31. The van der Waals surface area contributed by atoms with E-state index in [9.17, 15) is 0 Å². The number of ether oxygens (including phenoxy) is 1. The number of H-pyrrole nitrogens is 1. The van der Waals surface area contributed by atoms with E-state index >= 15 is 0 Å². The first-order valence-corrected chi connectivity index (χ1v) is 5.37. The highest BCUT2D eigenvalue weighted by Crippen LogP contribution is 2.22. The molecule has 0 unspecified atom stereocenters. The van der Waals surface area contributed by atoms with Crippen molar-refractivity contribution in [1.29, 1.82) is 10.5 Å². The first-order chi connectivity index (χ1) is 8.36. The van der Waals surface area contributed by atoms with Crippen molar-refractivity contribution in [3.05, 3.63) is 29.6 Å². The largest absolute Gasteiger partial charge is 0.378 e. The van der Waals surface area contributed by atoms with Gasteiger partial charge in [0.1, 0.15) is 12.1 Å². The normalized spacial score (nSPS) is 14.8. The molecule has 17 heavy (non-hydrogen) atoms. The fraction of sp³-hybridized carbons (Fsp3) is 0.333. The van der Waals surface area contributed by atoms with Crippen LogP contribution < -0.4 is 0 Å². The van der Waals surface area contributed by atoms with Crippen molar-refractivity contribution in [3.8, 4) is 12.1 Å². The molecule has 1 aromatic heterocycles. The predicted molar refractivity (Wildman–Crippen MR) is 61.3 cm³/mol. The Balaban J connectivity index is 2.42. The summed E-state index contributed by atoms with van der Waals surface area (Å²) in [6.45, 7) is 2.63. The Morgan fingerprint density at radius 3 is 2.53 bits per heavy atom. The van der Waals surface area contributed by atoms with Gasteiger partial charge in [-0.3, -0.25) is 0 Å². The molecule has 1 aliphatic heterocycles. The SMILES string of the molecule is N#CC(C#N)=C(c1ccc[nH]1)N1CCOCC1. The van der Waals surface area contributed by atoms with Crippen LogP contribution in [-0.2, 0) is 4.74 Å². The van der Waals surface area contributed by atoms with E-state index < -0.39 is 0 Å². The van der Waals surface area contributed by atoms with Crippen LogP contribution in [0.2, 0.25) is 0 Å². The van der Waals surface area contributed by atoms with Crippen LogP contribution in [-0.4, -0.2) is 36.2 Å². The van der Waals surface area contributed by atoms with Gasteiger partial charge in [-0.05, 0) is 12.1 Å². The van der Waals surface area contributed by atoms with Gasteiger partial charge in [0.25, 0.3) is 0 Å². The van der Waals surface area contributed by atoms with E-state index in [2.05, 4.69) is 4.98 Å². The number of hydrogen-bond acceptors (Lipinski definition) is 4. The quantitative estimate of drug-likeness (QED) is 0.769. The fourth-order valence-corrected chi connectivity index (χ4v) is 1.86. The van der Waals surface area contributed by atoms with E-state index in [1.54, 1.807) is 6.20 Å². The zero-order valence-corrected chi connectivity index (χ0v) is 9.31. The molecule has 0 aromatic carbocycles. The molecule has 2 rings (SSSR count). The second-order valence-electron chi connectivity index (χ2n) is 3.63. The summed E-state index contributed by atoms with van der Waals surface area (Å²) in [6.07, 6.45) is 1.78. The Morgan fingerprint density at radius 1 is 1.29 bits per heavy atom. The lowest BCUT2D eigenvalue weighted by atomic mass is 10.1. The van der Waals surface area contributed by atoms with Crippen LogP contribution in [0.3, 0.4) is 0 Å². The van der Waals surface area contributed by atoms with Crippen molar-refractivity contribution >= 4 is 5.70 Å². The third kappa shape index (κ3) is 2.30. The summed E-state index contributed by atoms with van der Waals surface area (Å²) in [6, 6.07) is 7.62. The van der Waals surface area contributed by atoms with E-state index in [-0.39, 0.29) is 5.57 Å². The maximum atomic E-state index is 9.02. The maximum Gasteiger partial charge on any atom is 0.155 e. The molecule has 2 heterocycles. The number of aromatic nitrogens is 1. The third-order valence-corrected chi connectivity index (χ3v) is 2.64. The van der Waals surface area contributed by atoms with Crippen LogP contribution in [0.15, 0.2) is 23.9 Å². The van der Waals surface area contributed by atoms with Crippen molar-refractivity contribution in [2.75, 3.05) is 26.3 Å². The first-order valence-electron chi connectivity index (χ1n) is 5.37. The van der Waals surface area contributed by atoms with Gasteiger partial charge in [0.2, 0.25) is 0 Å². The minimum atomic E-state index is 0.134. The van der Waals surface area contributed by atoms with Crippen LogP contribution in [0.4, 0.5) is 0 Å². The molecule has 0 bridgehead atoms. The van der Waals surface area contributed by atoms with Gasteiger partial charge in [-0.1, -0.05) is 0 Å². The van der Waals surface area contributed by atoms with Crippen LogP contribution in [0.1, 0.15) is 5.69 Å². The van der Waals surface area contributed by atoms with Gasteiger partial charge >= 0.3 is 0 Å². The Kier molecular flexibility index (Phi) is 3.44. The van der Waals surface area contributed by atoms with Crippen molar-refractivity contribution in [3.63, 3.8) is 0 Å². The molecule has 0 saturated carbocycles. The number of nitrogens with zero attached hydrogens (tertiary/aromatic N) is 3. The molecular weight excluding hydrogens is 216 g/mol. The Morgan fingerprint density at radius 2 is 2.00 bits per heavy atom. The fourth-order valence-electron chi connectivity index (χ4n) is 1.86. The highest BCUT2D eigenvalue weighted by Gasteiger charge is 2.20. The van der Waals surface area contributed by atoms with Gasteiger partial charge in [-0.2, -0.15) is 10.5 Å². The Labute approximate surface area is 99.5 Å². The summed E-state index contributed by atoms with van der Waals surface area (Å²) >= 11 is 0. The summed E-state index contributed by atoms with van der Waals surface area (Å²) in [4.78, 5) is 5.05. The number of aromatic amines is 1. The summed E-state index contributed by atoms with van der Waals surface area (Å²) in [5.74, 6) is 0. The predicted octanol–water partition coefficient (Wildman–Crippen LogP) is 1.11. The minimum Gasteiger partial charge on any atom is -0.378 e. The highest BCUT2D eigenvalue weighted by atomic mass is 16.5. The Hall–Kier alpha value is -2.24. The lowest BCUT2D eigenvalue weighted by molar-refractivity contribution is 0.0637. The molecule has 5 nitrogen and oxygen atoms in total. The van der Waals surface area contributed by atoms with Crippen molar-refractivity contribution in [2.24, 2.45) is 0 Å². The molecule has 0 amide bonds. The van der Waals surface area contributed by atoms with Crippen molar-refractivity contribution in [1.82, 2.24) is 9.88 Å². The number of allylic oxidation sites excluding steroid dienone is 1. The minimum absolute atomic E-state index is 0.134. The van der Waals surface area contributed by atoms with Crippen LogP contribution >= 0.6 is 0 Å². The summed E-state index contributed by atoms with van der Waals surface area (Å²) in [7, 11) is 0. The topological polar surface area (TPSA) is 75.8 Å². The van der Waals surface area contributed by atoms with E-state index in [0.717, 1.165) is 5.69 Å². The van der Waals surface area contributed by atoms with Crippen molar-refractivity contribution in [2.45, 2.75) is 0 Å². The van der Waals surface area contributed by atoms with Crippen LogP contribution in [0, 0.1) is 22.7 Å². The molecule has 1 N–H and O–H groups in total. The Bertz CT molecular complexity index is 468. The second kappa shape index (κ2) is 5.20. The number of nitriles is 2. The molecule has 5 heteroatoms. The molecule has 1 aromatic rings. The molecular formula is C12H12N4O. The second-order valence-corrected chi connectivity index (χ2v) is 3.63. The van der Waals surface area contributed by atoms with Gasteiger partial charge < -0.3 is 14.6 Å². The summed E-state index contributed by atoms with van der Waals surface area (Å²) < 4.78 is 5.27. The molecule has 86 valence electrons. The molecule has 1 saturated heterocycles. The van der Waals surface area contributed by atoms with Crippen molar-refractivity contribution < 1.29 is 4.74 Å². The average molecular weight is 228 g/mol. The number of hydrogen-bond donors (Lipinski definition) is 1. The lowest BCUT2D eigenvalue weighted by Crippen LogP contribution is -2.35. The highest BCUT2D eigenvalue weighted by molar-refractivity contribution is 5.72. The molecule has 0 atom stereocenters. The van der Waals surface area contributed by atoms with E-state index in [1.807, 2.05) is 29.2 Å². The molecule has 0 radical (unpaired) electrons.